The van der Waals surface area contributed by atoms with Gasteiger partial charge in [0.1, 0.15) is 5.82 Å². The number of hydrogen-bond acceptors (Lipinski definition) is 2. The molecule has 2 nitrogen and oxygen atoms in total. The summed E-state index contributed by atoms with van der Waals surface area (Å²) >= 11 is 0. The second kappa shape index (κ2) is 3.56. The summed E-state index contributed by atoms with van der Waals surface area (Å²) in [7, 11) is 0. The lowest BCUT2D eigenvalue weighted by atomic mass is 10.2. The van der Waals surface area contributed by atoms with E-state index < -0.39 is 0 Å². The third-order valence-corrected chi connectivity index (χ3v) is 1.28. The zero-order chi connectivity index (χ0) is 8.10. The van der Waals surface area contributed by atoms with E-state index in [2.05, 4.69) is 11.6 Å². The molecule has 0 bridgehead atoms. The molecule has 0 atom stereocenters. The highest BCUT2D eigenvalue weighted by Crippen LogP contribution is 2.08. The largest absolute Gasteiger partial charge is 0.383 e. The minimum atomic E-state index is 0.547. The molecule has 1 aromatic rings. The molecular weight excluding hydrogens is 136 g/mol. The molecular formula is C9H10N2. The minimum absolute atomic E-state index is 0.547. The molecule has 0 aliphatic rings. The van der Waals surface area contributed by atoms with Gasteiger partial charge in [0.25, 0.3) is 0 Å². The summed E-state index contributed by atoms with van der Waals surface area (Å²) in [5.41, 5.74) is 6.49. The molecule has 1 rings (SSSR count). The van der Waals surface area contributed by atoms with E-state index in [4.69, 9.17) is 5.73 Å². The van der Waals surface area contributed by atoms with Crippen molar-refractivity contribution in [1.82, 2.24) is 4.98 Å². The molecule has 0 fully saturated rings. The van der Waals surface area contributed by atoms with Crippen molar-refractivity contribution in [3.63, 3.8) is 0 Å². The molecule has 11 heavy (non-hydrogen) atoms. The monoisotopic (exact) mass is 146 g/mol. The summed E-state index contributed by atoms with van der Waals surface area (Å²) in [5, 5.41) is 0. The third-order valence-electron chi connectivity index (χ3n) is 1.28. The average Bonchev–Trinajstić information content (AvgIpc) is 2.03. The number of nitrogens with zero attached hydrogens (tertiary/aromatic N) is 1. The lowest BCUT2D eigenvalue weighted by Gasteiger charge is -1.95. The summed E-state index contributed by atoms with van der Waals surface area (Å²) < 4.78 is 0. The highest BCUT2D eigenvalue weighted by molar-refractivity contribution is 5.61. The van der Waals surface area contributed by atoms with Crippen molar-refractivity contribution in [2.45, 2.75) is 0 Å². The Bertz CT molecular complexity index is 277. The van der Waals surface area contributed by atoms with Crippen molar-refractivity contribution in [3.8, 4) is 0 Å². The van der Waals surface area contributed by atoms with E-state index in [-0.39, 0.29) is 0 Å². The van der Waals surface area contributed by atoms with Gasteiger partial charge in [-0.05, 0) is 12.1 Å². The minimum Gasteiger partial charge on any atom is -0.383 e. The van der Waals surface area contributed by atoms with Crippen LogP contribution in [-0.2, 0) is 0 Å². The van der Waals surface area contributed by atoms with E-state index in [0.29, 0.717) is 5.82 Å². The number of nitrogens with two attached hydrogens (primary N) is 1. The third kappa shape index (κ3) is 1.93. The summed E-state index contributed by atoms with van der Waals surface area (Å²) in [6.45, 7) is 3.56. The Balaban J connectivity index is 2.94. The van der Waals surface area contributed by atoms with Gasteiger partial charge in [0.2, 0.25) is 0 Å². The van der Waals surface area contributed by atoms with Crippen LogP contribution in [0.3, 0.4) is 0 Å². The van der Waals surface area contributed by atoms with Crippen LogP contribution in [0.15, 0.2) is 37.1 Å². The summed E-state index contributed by atoms with van der Waals surface area (Å²) in [6, 6.07) is 3.75. The Morgan fingerprint density at radius 1 is 1.55 bits per heavy atom. The number of hydrogen-bond donors (Lipinski definition) is 1. The van der Waals surface area contributed by atoms with Gasteiger partial charge in [0.05, 0.1) is 0 Å². The molecule has 1 heterocycles. The standard InChI is InChI=1S/C9H10N2/c1-2-3-5-8-6-4-7-11-9(8)10/h2-7H,1H2,(H2,10,11)/b5-3-. The normalized spacial score (nSPS) is 10.2. The van der Waals surface area contributed by atoms with Crippen LogP contribution in [0.4, 0.5) is 5.82 Å². The van der Waals surface area contributed by atoms with Crippen LogP contribution < -0.4 is 5.73 Å². The molecule has 0 spiro atoms. The number of anilines is 1. The maximum atomic E-state index is 5.56. The quantitative estimate of drug-likeness (QED) is 0.647. The first-order valence-electron chi connectivity index (χ1n) is 3.34. The molecule has 0 aliphatic carbocycles. The van der Waals surface area contributed by atoms with Crippen molar-refractivity contribution < 1.29 is 0 Å². The zero-order valence-corrected chi connectivity index (χ0v) is 6.20. The summed E-state index contributed by atoms with van der Waals surface area (Å²) in [6.07, 6.45) is 7.07. The zero-order valence-electron chi connectivity index (χ0n) is 6.20. The molecule has 0 radical (unpaired) electrons. The van der Waals surface area contributed by atoms with Gasteiger partial charge in [-0.2, -0.15) is 0 Å². The van der Waals surface area contributed by atoms with E-state index in [1.807, 2.05) is 24.3 Å². The van der Waals surface area contributed by atoms with Gasteiger partial charge in [-0.3, -0.25) is 0 Å². The van der Waals surface area contributed by atoms with Gasteiger partial charge in [-0.25, -0.2) is 4.98 Å². The van der Waals surface area contributed by atoms with Gasteiger partial charge in [-0.1, -0.05) is 24.8 Å². The Morgan fingerprint density at radius 2 is 2.36 bits per heavy atom. The topological polar surface area (TPSA) is 38.9 Å². The number of pyridine rings is 1. The molecule has 0 saturated heterocycles. The van der Waals surface area contributed by atoms with Crippen LogP contribution >= 0.6 is 0 Å². The Labute approximate surface area is 66.1 Å². The highest BCUT2D eigenvalue weighted by Gasteiger charge is 1.90. The van der Waals surface area contributed by atoms with Crippen LogP contribution in [-0.4, -0.2) is 4.98 Å². The first kappa shape index (κ1) is 7.54. The molecule has 0 unspecified atom stereocenters. The highest BCUT2D eigenvalue weighted by atomic mass is 14.8. The second-order valence-electron chi connectivity index (χ2n) is 2.07. The summed E-state index contributed by atoms with van der Waals surface area (Å²) in [4.78, 5) is 3.92. The maximum absolute atomic E-state index is 5.56. The number of aromatic nitrogens is 1. The van der Waals surface area contributed by atoms with Crippen LogP contribution in [0.5, 0.6) is 0 Å². The fourth-order valence-electron chi connectivity index (χ4n) is 0.743. The van der Waals surface area contributed by atoms with Gasteiger partial charge in [-0.15, -0.1) is 0 Å². The van der Waals surface area contributed by atoms with Crippen molar-refractivity contribution in [2.75, 3.05) is 5.73 Å². The predicted octanol–water partition coefficient (Wildman–Crippen LogP) is 1.86. The Morgan fingerprint density at radius 3 is 3.00 bits per heavy atom. The smallest absolute Gasteiger partial charge is 0.130 e. The predicted molar refractivity (Wildman–Crippen MR) is 47.9 cm³/mol. The second-order valence-corrected chi connectivity index (χ2v) is 2.07. The fraction of sp³-hybridized carbons (Fsp3) is 0. The van der Waals surface area contributed by atoms with Gasteiger partial charge in [0, 0.05) is 11.8 Å². The lowest BCUT2D eigenvalue weighted by Crippen LogP contribution is -1.91. The van der Waals surface area contributed by atoms with Crippen molar-refractivity contribution in [1.29, 1.82) is 0 Å². The van der Waals surface area contributed by atoms with Crippen molar-refractivity contribution in [2.24, 2.45) is 0 Å². The molecule has 1 aromatic heterocycles. The summed E-state index contributed by atoms with van der Waals surface area (Å²) in [5.74, 6) is 0.547. The van der Waals surface area contributed by atoms with E-state index in [1.165, 1.54) is 0 Å². The molecule has 0 aromatic carbocycles. The van der Waals surface area contributed by atoms with Crippen LogP contribution in [0.25, 0.3) is 6.08 Å². The van der Waals surface area contributed by atoms with Gasteiger partial charge >= 0.3 is 0 Å². The first-order valence-corrected chi connectivity index (χ1v) is 3.34. The van der Waals surface area contributed by atoms with Crippen LogP contribution in [0, 0.1) is 0 Å². The molecule has 0 amide bonds. The van der Waals surface area contributed by atoms with E-state index >= 15 is 0 Å². The van der Waals surface area contributed by atoms with Gasteiger partial charge < -0.3 is 5.73 Å². The number of rotatable bonds is 2. The fourth-order valence-corrected chi connectivity index (χ4v) is 0.743. The SMILES string of the molecule is C=C/C=C\c1cccnc1N. The lowest BCUT2D eigenvalue weighted by molar-refractivity contribution is 1.33. The van der Waals surface area contributed by atoms with Gasteiger partial charge in [0.15, 0.2) is 0 Å². The van der Waals surface area contributed by atoms with E-state index in [1.54, 1.807) is 12.3 Å². The van der Waals surface area contributed by atoms with Crippen LogP contribution in [0.2, 0.25) is 0 Å². The molecule has 2 heteroatoms. The molecule has 56 valence electrons. The molecule has 2 N–H and O–H groups in total. The maximum Gasteiger partial charge on any atom is 0.130 e. The molecule has 0 aliphatic heterocycles. The Kier molecular flexibility index (Phi) is 2.44. The van der Waals surface area contributed by atoms with Crippen LogP contribution in [0.1, 0.15) is 5.56 Å². The van der Waals surface area contributed by atoms with Crippen molar-refractivity contribution >= 4 is 11.9 Å². The number of nitrogen functional groups attached to an aromatic ring is 1. The Hall–Kier alpha value is -1.57. The first-order chi connectivity index (χ1) is 5.34. The molecule has 0 saturated carbocycles. The average molecular weight is 146 g/mol. The van der Waals surface area contributed by atoms with Crippen molar-refractivity contribution in [3.05, 3.63) is 42.6 Å². The van der Waals surface area contributed by atoms with E-state index in [0.717, 1.165) is 5.56 Å². The van der Waals surface area contributed by atoms with E-state index in [9.17, 15) is 0 Å². The number of allylic oxidation sites excluding steroid dienone is 2.